The van der Waals surface area contributed by atoms with Crippen LogP contribution in [-0.4, -0.2) is 25.0 Å². The van der Waals surface area contributed by atoms with Gasteiger partial charge in [-0.3, -0.25) is 0 Å². The third-order valence-electron chi connectivity index (χ3n) is 4.75. The van der Waals surface area contributed by atoms with Crippen LogP contribution in [0.3, 0.4) is 0 Å². The first kappa shape index (κ1) is 12.4. The molecule has 3 heteroatoms. The Balaban J connectivity index is 1.84. The van der Waals surface area contributed by atoms with E-state index >= 15 is 0 Å². The Morgan fingerprint density at radius 2 is 1.78 bits per heavy atom. The van der Waals surface area contributed by atoms with Gasteiger partial charge in [0, 0.05) is 24.5 Å². The zero-order valence-electron chi connectivity index (χ0n) is 11.0. The Hall–Kier alpha value is -0.640. The Labute approximate surface area is 109 Å². The number of rotatable bonds is 2. The maximum absolute atomic E-state index is 6.65. The van der Waals surface area contributed by atoms with E-state index in [1.54, 1.807) is 7.11 Å². The Morgan fingerprint density at radius 3 is 2.44 bits per heavy atom. The first-order valence-electron chi connectivity index (χ1n) is 7.07. The summed E-state index contributed by atoms with van der Waals surface area (Å²) in [6, 6.07) is 0. The summed E-state index contributed by atoms with van der Waals surface area (Å²) in [7, 11) is 1.72. The normalized spacial score (nSPS) is 41.9. The van der Waals surface area contributed by atoms with Gasteiger partial charge in [0.15, 0.2) is 6.29 Å². The molecule has 1 aliphatic heterocycles. The molecule has 1 saturated heterocycles. The van der Waals surface area contributed by atoms with Crippen LogP contribution in [0.1, 0.15) is 32.1 Å². The molecule has 1 saturated carbocycles. The Morgan fingerprint density at radius 1 is 1.11 bits per heavy atom. The lowest BCUT2D eigenvalue weighted by molar-refractivity contribution is -0.142. The number of hydrogen-bond donors (Lipinski definition) is 1. The fourth-order valence-corrected chi connectivity index (χ4v) is 3.77. The second kappa shape index (κ2) is 4.80. The SMILES string of the molecule is CO[C@@H]1O[C@H](C2(N)CCCCC2)[C@H]2C=CC=C[C@@H]12. The van der Waals surface area contributed by atoms with E-state index in [1.165, 1.54) is 19.3 Å². The van der Waals surface area contributed by atoms with Crippen LogP contribution in [-0.2, 0) is 9.47 Å². The van der Waals surface area contributed by atoms with Gasteiger partial charge in [0.05, 0.1) is 6.10 Å². The minimum atomic E-state index is -0.163. The van der Waals surface area contributed by atoms with Gasteiger partial charge in [-0.1, -0.05) is 43.6 Å². The van der Waals surface area contributed by atoms with Crippen LogP contribution in [0, 0.1) is 11.8 Å². The molecule has 0 aromatic carbocycles. The fourth-order valence-electron chi connectivity index (χ4n) is 3.77. The van der Waals surface area contributed by atoms with Crippen LogP contribution in [0.5, 0.6) is 0 Å². The predicted octanol–water partition coefficient (Wildman–Crippen LogP) is 2.38. The molecule has 0 aromatic rings. The summed E-state index contributed by atoms with van der Waals surface area (Å²) in [6.07, 6.45) is 14.5. The van der Waals surface area contributed by atoms with Crippen LogP contribution in [0.15, 0.2) is 24.3 Å². The highest BCUT2D eigenvalue weighted by Gasteiger charge is 2.51. The lowest BCUT2D eigenvalue weighted by Crippen LogP contribution is -2.54. The molecule has 0 amide bonds. The smallest absolute Gasteiger partial charge is 0.164 e. The largest absolute Gasteiger partial charge is 0.355 e. The predicted molar refractivity (Wildman–Crippen MR) is 70.9 cm³/mol. The summed E-state index contributed by atoms with van der Waals surface area (Å²) >= 11 is 0. The van der Waals surface area contributed by atoms with Gasteiger partial charge in [0.1, 0.15) is 0 Å². The van der Waals surface area contributed by atoms with Crippen LogP contribution >= 0.6 is 0 Å². The average Bonchev–Trinajstić information content (AvgIpc) is 2.79. The van der Waals surface area contributed by atoms with E-state index in [-0.39, 0.29) is 17.9 Å². The molecule has 0 aromatic heterocycles. The Kier molecular flexibility index (Phi) is 3.31. The molecule has 3 rings (SSSR count). The van der Waals surface area contributed by atoms with Crippen LogP contribution < -0.4 is 5.73 Å². The minimum absolute atomic E-state index is 0.106. The molecule has 4 atom stereocenters. The highest BCUT2D eigenvalue weighted by molar-refractivity contribution is 5.21. The lowest BCUT2D eigenvalue weighted by atomic mass is 9.72. The molecule has 0 spiro atoms. The Bertz CT molecular complexity index is 358. The van der Waals surface area contributed by atoms with E-state index in [1.807, 2.05) is 0 Å². The number of methoxy groups -OCH3 is 1. The van der Waals surface area contributed by atoms with E-state index in [4.69, 9.17) is 15.2 Å². The number of fused-ring (bicyclic) bond motifs is 1. The molecule has 100 valence electrons. The van der Waals surface area contributed by atoms with E-state index in [2.05, 4.69) is 24.3 Å². The maximum atomic E-state index is 6.65. The third kappa shape index (κ3) is 1.94. The van der Waals surface area contributed by atoms with Gasteiger partial charge < -0.3 is 15.2 Å². The minimum Gasteiger partial charge on any atom is -0.355 e. The third-order valence-corrected chi connectivity index (χ3v) is 4.75. The summed E-state index contributed by atoms with van der Waals surface area (Å²) in [4.78, 5) is 0. The quantitative estimate of drug-likeness (QED) is 0.817. The van der Waals surface area contributed by atoms with E-state index < -0.39 is 0 Å². The molecule has 0 unspecified atom stereocenters. The van der Waals surface area contributed by atoms with Crippen LogP contribution in [0.4, 0.5) is 0 Å². The number of nitrogens with two attached hydrogens (primary N) is 1. The summed E-state index contributed by atoms with van der Waals surface area (Å²) in [5, 5.41) is 0. The summed E-state index contributed by atoms with van der Waals surface area (Å²) in [5.41, 5.74) is 6.49. The van der Waals surface area contributed by atoms with Crippen molar-refractivity contribution < 1.29 is 9.47 Å². The molecule has 2 N–H and O–H groups in total. The van der Waals surface area contributed by atoms with Crippen molar-refractivity contribution >= 4 is 0 Å². The summed E-state index contributed by atoms with van der Waals surface area (Å²) in [6.45, 7) is 0. The zero-order chi connectivity index (χ0) is 12.6. The second-order valence-corrected chi connectivity index (χ2v) is 5.88. The number of ether oxygens (including phenoxy) is 2. The first-order chi connectivity index (χ1) is 8.74. The van der Waals surface area contributed by atoms with Gasteiger partial charge in [-0.25, -0.2) is 0 Å². The van der Waals surface area contributed by atoms with Crippen molar-refractivity contribution in [2.45, 2.75) is 50.0 Å². The highest BCUT2D eigenvalue weighted by Crippen LogP contribution is 2.44. The van der Waals surface area contributed by atoms with Gasteiger partial charge >= 0.3 is 0 Å². The molecule has 3 aliphatic rings. The first-order valence-corrected chi connectivity index (χ1v) is 7.07. The molecule has 2 fully saturated rings. The van der Waals surface area contributed by atoms with Crippen molar-refractivity contribution in [3.05, 3.63) is 24.3 Å². The number of hydrogen-bond acceptors (Lipinski definition) is 3. The maximum Gasteiger partial charge on any atom is 0.164 e. The fraction of sp³-hybridized carbons (Fsp3) is 0.733. The summed E-state index contributed by atoms with van der Waals surface area (Å²) < 4.78 is 11.6. The van der Waals surface area contributed by atoms with E-state index in [0.29, 0.717) is 11.8 Å². The molecule has 18 heavy (non-hydrogen) atoms. The zero-order valence-corrected chi connectivity index (χ0v) is 11.0. The lowest BCUT2D eigenvalue weighted by Gasteiger charge is -2.40. The molecular formula is C15H23NO2. The van der Waals surface area contributed by atoms with Gasteiger partial charge in [0.25, 0.3) is 0 Å². The monoisotopic (exact) mass is 249 g/mol. The van der Waals surface area contributed by atoms with Crippen molar-refractivity contribution in [2.75, 3.05) is 7.11 Å². The molecule has 2 aliphatic carbocycles. The van der Waals surface area contributed by atoms with Gasteiger partial charge in [-0.05, 0) is 12.8 Å². The van der Waals surface area contributed by atoms with Crippen molar-refractivity contribution in [1.29, 1.82) is 0 Å². The van der Waals surface area contributed by atoms with Gasteiger partial charge in [0.2, 0.25) is 0 Å². The molecule has 0 bridgehead atoms. The van der Waals surface area contributed by atoms with Gasteiger partial charge in [-0.2, -0.15) is 0 Å². The van der Waals surface area contributed by atoms with Gasteiger partial charge in [-0.15, -0.1) is 0 Å². The second-order valence-electron chi connectivity index (χ2n) is 5.88. The van der Waals surface area contributed by atoms with Crippen molar-refractivity contribution in [1.82, 2.24) is 0 Å². The molecule has 0 radical (unpaired) electrons. The van der Waals surface area contributed by atoms with E-state index in [0.717, 1.165) is 12.8 Å². The van der Waals surface area contributed by atoms with Crippen molar-refractivity contribution in [3.8, 4) is 0 Å². The number of allylic oxidation sites excluding steroid dienone is 2. The van der Waals surface area contributed by atoms with E-state index in [9.17, 15) is 0 Å². The standard InChI is InChI=1S/C15H23NO2/c1-17-14-12-8-4-3-7-11(12)13(18-14)15(16)9-5-2-6-10-15/h3-4,7-8,11-14H,2,5-6,9-10,16H2,1H3/t11-,12+,13-,14+/m0/s1. The molecule has 3 nitrogen and oxygen atoms in total. The summed E-state index contributed by atoms with van der Waals surface area (Å²) in [5.74, 6) is 0.704. The topological polar surface area (TPSA) is 44.5 Å². The van der Waals surface area contributed by atoms with Crippen LogP contribution in [0.2, 0.25) is 0 Å². The molecule has 1 heterocycles. The van der Waals surface area contributed by atoms with Crippen molar-refractivity contribution in [2.24, 2.45) is 17.6 Å². The van der Waals surface area contributed by atoms with Crippen LogP contribution in [0.25, 0.3) is 0 Å². The molecular weight excluding hydrogens is 226 g/mol. The highest BCUT2D eigenvalue weighted by atomic mass is 16.7. The van der Waals surface area contributed by atoms with Crippen molar-refractivity contribution in [3.63, 3.8) is 0 Å². The average molecular weight is 249 g/mol.